The van der Waals surface area contributed by atoms with E-state index in [1.54, 1.807) is 20.3 Å². The number of hydrogen-bond acceptors (Lipinski definition) is 4. The number of ether oxygens (including phenoxy) is 2. The van der Waals surface area contributed by atoms with Gasteiger partial charge in [0.2, 0.25) is 5.91 Å². The van der Waals surface area contributed by atoms with E-state index in [2.05, 4.69) is 0 Å². The van der Waals surface area contributed by atoms with E-state index in [0.717, 1.165) is 42.4 Å². The molecule has 5 heteroatoms. The second-order valence-electron chi connectivity index (χ2n) is 5.87. The van der Waals surface area contributed by atoms with Crippen molar-refractivity contribution in [2.45, 2.75) is 32.1 Å². The Morgan fingerprint density at radius 2 is 1.83 bits per heavy atom. The average molecular weight is 315 g/mol. The van der Waals surface area contributed by atoms with Gasteiger partial charge in [-0.3, -0.25) is 14.5 Å². The van der Waals surface area contributed by atoms with Crippen LogP contribution in [0.4, 0.5) is 0 Å². The minimum absolute atomic E-state index is 0.0739. The second-order valence-corrected chi connectivity index (χ2v) is 5.87. The van der Waals surface area contributed by atoms with E-state index in [4.69, 9.17) is 9.47 Å². The Morgan fingerprint density at radius 1 is 1.09 bits per heavy atom. The average Bonchev–Trinajstić information content (AvgIpc) is 3.00. The molecule has 0 bridgehead atoms. The number of likely N-dealkylation sites (tertiary alicyclic amines) is 1. The van der Waals surface area contributed by atoms with Gasteiger partial charge in [0.1, 0.15) is 0 Å². The molecule has 2 amide bonds. The third kappa shape index (κ3) is 2.96. The summed E-state index contributed by atoms with van der Waals surface area (Å²) in [5.41, 5.74) is 3.14. The molecule has 0 atom stereocenters. The first-order chi connectivity index (χ1) is 11.1. The van der Waals surface area contributed by atoms with Crippen molar-refractivity contribution >= 4 is 17.4 Å². The number of hydrogen-bond donors (Lipinski definition) is 0. The number of fused-ring (bicyclic) bond motifs is 1. The Labute approximate surface area is 135 Å². The largest absolute Gasteiger partial charge is 0.493 e. The summed E-state index contributed by atoms with van der Waals surface area (Å²) < 4.78 is 10.7. The maximum Gasteiger partial charge on any atom is 0.253 e. The first kappa shape index (κ1) is 15.6. The van der Waals surface area contributed by atoms with Gasteiger partial charge in [-0.05, 0) is 54.5 Å². The first-order valence-corrected chi connectivity index (χ1v) is 7.94. The minimum atomic E-state index is -0.204. The molecular weight excluding hydrogens is 294 g/mol. The summed E-state index contributed by atoms with van der Waals surface area (Å²) in [6.07, 6.45) is 5.61. The molecule has 122 valence electrons. The molecule has 1 saturated heterocycles. The Kier molecular flexibility index (Phi) is 4.37. The minimum Gasteiger partial charge on any atom is -0.493 e. The van der Waals surface area contributed by atoms with Gasteiger partial charge in [0.15, 0.2) is 11.5 Å². The van der Waals surface area contributed by atoms with Gasteiger partial charge in [0, 0.05) is 19.0 Å². The van der Waals surface area contributed by atoms with Crippen molar-refractivity contribution in [3.63, 3.8) is 0 Å². The summed E-state index contributed by atoms with van der Waals surface area (Å²) in [6.45, 7) is 0.528. The van der Waals surface area contributed by atoms with Gasteiger partial charge in [-0.1, -0.05) is 0 Å². The standard InChI is InChI=1S/C18H21NO4/c1-22-15-9-12-5-3-6-13(14(12)11-16(15)23-2)10-18(21)19-8-4-7-17(19)20/h9-11H,3-8H2,1-2H3/b13-10+. The number of carbonyl (C=O) groups is 2. The van der Waals surface area contributed by atoms with E-state index >= 15 is 0 Å². The van der Waals surface area contributed by atoms with Crippen LogP contribution >= 0.6 is 0 Å². The second kappa shape index (κ2) is 6.44. The summed E-state index contributed by atoms with van der Waals surface area (Å²) in [7, 11) is 3.22. The fraction of sp³-hybridized carbons (Fsp3) is 0.444. The molecule has 23 heavy (non-hydrogen) atoms. The molecule has 3 rings (SSSR count). The molecule has 1 heterocycles. The molecule has 1 fully saturated rings. The van der Waals surface area contributed by atoms with Gasteiger partial charge >= 0.3 is 0 Å². The summed E-state index contributed by atoms with van der Waals surface area (Å²) in [4.78, 5) is 25.5. The zero-order chi connectivity index (χ0) is 16.4. The molecule has 0 saturated carbocycles. The van der Waals surface area contributed by atoms with Crippen molar-refractivity contribution < 1.29 is 19.1 Å². The lowest BCUT2D eigenvalue weighted by molar-refractivity contribution is -0.138. The number of nitrogens with zero attached hydrogens (tertiary/aromatic N) is 1. The van der Waals surface area contributed by atoms with Crippen LogP contribution in [0.5, 0.6) is 11.5 Å². The first-order valence-electron chi connectivity index (χ1n) is 7.94. The Bertz CT molecular complexity index is 678. The third-order valence-electron chi connectivity index (χ3n) is 4.48. The molecule has 0 unspecified atom stereocenters. The van der Waals surface area contributed by atoms with Crippen molar-refractivity contribution in [3.8, 4) is 11.5 Å². The van der Waals surface area contributed by atoms with E-state index in [1.807, 2.05) is 12.1 Å². The Balaban J connectivity index is 1.96. The van der Waals surface area contributed by atoms with Gasteiger partial charge in [0.05, 0.1) is 14.2 Å². The van der Waals surface area contributed by atoms with Crippen LogP contribution in [0.2, 0.25) is 0 Å². The molecule has 1 aliphatic heterocycles. The van der Waals surface area contributed by atoms with Crippen LogP contribution < -0.4 is 9.47 Å². The lowest BCUT2D eigenvalue weighted by Gasteiger charge is -2.22. The van der Waals surface area contributed by atoms with Gasteiger partial charge in [-0.15, -0.1) is 0 Å². The van der Waals surface area contributed by atoms with Crippen LogP contribution in [-0.4, -0.2) is 37.5 Å². The highest BCUT2D eigenvalue weighted by atomic mass is 16.5. The van der Waals surface area contributed by atoms with E-state index in [1.165, 1.54) is 4.90 Å². The monoisotopic (exact) mass is 315 g/mol. The fourth-order valence-corrected chi connectivity index (χ4v) is 3.29. The van der Waals surface area contributed by atoms with Gasteiger partial charge in [-0.25, -0.2) is 0 Å². The van der Waals surface area contributed by atoms with E-state index in [9.17, 15) is 9.59 Å². The van der Waals surface area contributed by atoms with Crippen LogP contribution in [0.1, 0.15) is 36.8 Å². The SMILES string of the molecule is COc1cc2c(cc1OC)/C(=C/C(=O)N1CCCC1=O)CCC2. The number of amides is 2. The number of benzene rings is 1. The molecule has 5 nitrogen and oxygen atoms in total. The van der Waals surface area contributed by atoms with E-state index in [0.29, 0.717) is 24.5 Å². The summed E-state index contributed by atoms with van der Waals surface area (Å²) >= 11 is 0. The van der Waals surface area contributed by atoms with E-state index < -0.39 is 0 Å². The van der Waals surface area contributed by atoms with Crippen molar-refractivity contribution in [2.24, 2.45) is 0 Å². The third-order valence-corrected chi connectivity index (χ3v) is 4.48. The van der Waals surface area contributed by atoms with Crippen LogP contribution in [-0.2, 0) is 16.0 Å². The number of carbonyl (C=O) groups excluding carboxylic acids is 2. The predicted molar refractivity (Wildman–Crippen MR) is 86.4 cm³/mol. The van der Waals surface area contributed by atoms with Gasteiger partial charge < -0.3 is 9.47 Å². The zero-order valence-electron chi connectivity index (χ0n) is 13.6. The summed E-state index contributed by atoms with van der Waals surface area (Å²) in [5.74, 6) is 1.08. The van der Waals surface area contributed by atoms with Crippen molar-refractivity contribution in [2.75, 3.05) is 20.8 Å². The van der Waals surface area contributed by atoms with Crippen molar-refractivity contribution in [1.29, 1.82) is 0 Å². The van der Waals surface area contributed by atoms with Crippen LogP contribution in [0.25, 0.3) is 5.57 Å². The topological polar surface area (TPSA) is 55.8 Å². The maximum absolute atomic E-state index is 12.4. The maximum atomic E-state index is 12.4. The molecule has 1 aliphatic carbocycles. The quantitative estimate of drug-likeness (QED) is 0.805. The Morgan fingerprint density at radius 3 is 2.48 bits per heavy atom. The van der Waals surface area contributed by atoms with Crippen LogP contribution in [0.15, 0.2) is 18.2 Å². The van der Waals surface area contributed by atoms with Crippen molar-refractivity contribution in [1.82, 2.24) is 4.90 Å². The number of imide groups is 1. The predicted octanol–water partition coefficient (Wildman–Crippen LogP) is 2.57. The fourth-order valence-electron chi connectivity index (χ4n) is 3.29. The highest BCUT2D eigenvalue weighted by molar-refractivity contribution is 6.05. The van der Waals surface area contributed by atoms with Crippen molar-refractivity contribution in [3.05, 3.63) is 29.3 Å². The normalized spacial score (nSPS) is 19.0. The number of aryl methyl sites for hydroxylation is 1. The number of methoxy groups -OCH3 is 2. The van der Waals surface area contributed by atoms with Gasteiger partial charge in [0.25, 0.3) is 5.91 Å². The molecule has 1 aromatic rings. The highest BCUT2D eigenvalue weighted by Crippen LogP contribution is 2.38. The van der Waals surface area contributed by atoms with Crippen LogP contribution in [0, 0.1) is 0 Å². The summed E-state index contributed by atoms with van der Waals surface area (Å²) in [6, 6.07) is 3.91. The van der Waals surface area contributed by atoms with E-state index in [-0.39, 0.29) is 11.8 Å². The summed E-state index contributed by atoms with van der Waals surface area (Å²) in [5, 5.41) is 0. The van der Waals surface area contributed by atoms with Gasteiger partial charge in [-0.2, -0.15) is 0 Å². The number of allylic oxidation sites excluding steroid dienone is 1. The lowest BCUT2D eigenvalue weighted by Crippen LogP contribution is -2.30. The highest BCUT2D eigenvalue weighted by Gasteiger charge is 2.26. The Hall–Kier alpha value is -2.30. The molecule has 0 aromatic heterocycles. The molecule has 0 N–H and O–H groups in total. The van der Waals surface area contributed by atoms with Crippen LogP contribution in [0.3, 0.4) is 0 Å². The molecule has 1 aromatic carbocycles. The zero-order valence-corrected chi connectivity index (χ0v) is 13.6. The molecule has 0 spiro atoms. The number of rotatable bonds is 3. The molecule has 0 radical (unpaired) electrons. The molecular formula is C18H21NO4. The lowest BCUT2D eigenvalue weighted by atomic mass is 9.86. The smallest absolute Gasteiger partial charge is 0.253 e. The molecule has 2 aliphatic rings.